The van der Waals surface area contributed by atoms with Gasteiger partial charge in [0.05, 0.1) is 4.90 Å². The molecule has 0 aliphatic carbocycles. The zero-order valence-corrected chi connectivity index (χ0v) is 12.3. The fourth-order valence-corrected chi connectivity index (χ4v) is 4.38. The number of benzene rings is 1. The predicted octanol–water partition coefficient (Wildman–Crippen LogP) is 0.485. The smallest absolute Gasteiger partial charge is 0.243 e. The van der Waals surface area contributed by atoms with E-state index in [0.29, 0.717) is 23.9 Å². The van der Waals surface area contributed by atoms with Crippen LogP contribution >= 0.6 is 0 Å². The molecule has 20 heavy (non-hydrogen) atoms. The molecule has 5 nitrogen and oxygen atoms in total. The number of nitrogens with zero attached hydrogens (tertiary/aromatic N) is 1. The summed E-state index contributed by atoms with van der Waals surface area (Å²) in [5.41, 5.74) is 7.27. The summed E-state index contributed by atoms with van der Waals surface area (Å²) >= 11 is 0. The van der Waals surface area contributed by atoms with Gasteiger partial charge in [0, 0.05) is 31.6 Å². The standard InChI is InChI=1S/C14H21N3O2S/c15-14-10-16-7-6-13(14)11-2-4-12(5-3-11)20(18,19)17-8-1-9-17/h2-5,13-14,16H,1,6-10,15H2. The van der Waals surface area contributed by atoms with Gasteiger partial charge in [0.1, 0.15) is 0 Å². The van der Waals surface area contributed by atoms with Crippen LogP contribution in [-0.2, 0) is 10.0 Å². The Kier molecular flexibility index (Phi) is 3.81. The van der Waals surface area contributed by atoms with Crippen molar-refractivity contribution in [2.45, 2.75) is 29.7 Å². The summed E-state index contributed by atoms with van der Waals surface area (Å²) in [5.74, 6) is 0.317. The van der Waals surface area contributed by atoms with Crippen molar-refractivity contribution in [3.63, 3.8) is 0 Å². The lowest BCUT2D eigenvalue weighted by atomic mass is 9.87. The third-order valence-electron chi connectivity index (χ3n) is 4.29. The quantitative estimate of drug-likeness (QED) is 0.851. The van der Waals surface area contributed by atoms with Crippen LogP contribution in [-0.4, -0.2) is 44.9 Å². The molecule has 0 amide bonds. The van der Waals surface area contributed by atoms with Gasteiger partial charge in [-0.3, -0.25) is 0 Å². The van der Waals surface area contributed by atoms with Crippen molar-refractivity contribution in [1.82, 2.24) is 9.62 Å². The molecule has 110 valence electrons. The first kappa shape index (κ1) is 14.0. The van der Waals surface area contributed by atoms with Crippen LogP contribution in [0.4, 0.5) is 0 Å². The second-order valence-corrected chi connectivity index (χ2v) is 7.53. The van der Waals surface area contributed by atoms with Crippen molar-refractivity contribution in [2.24, 2.45) is 5.73 Å². The Morgan fingerprint density at radius 3 is 2.45 bits per heavy atom. The number of nitrogens with two attached hydrogens (primary N) is 1. The number of hydrogen-bond acceptors (Lipinski definition) is 4. The first-order chi connectivity index (χ1) is 9.59. The zero-order chi connectivity index (χ0) is 14.2. The molecular formula is C14H21N3O2S. The van der Waals surface area contributed by atoms with E-state index in [1.54, 1.807) is 12.1 Å². The summed E-state index contributed by atoms with van der Waals surface area (Å²) in [5, 5.41) is 3.27. The molecule has 2 fully saturated rings. The Morgan fingerprint density at radius 2 is 1.90 bits per heavy atom. The molecule has 6 heteroatoms. The maximum atomic E-state index is 12.3. The zero-order valence-electron chi connectivity index (χ0n) is 11.5. The van der Waals surface area contributed by atoms with Gasteiger partial charge in [0.25, 0.3) is 0 Å². The van der Waals surface area contributed by atoms with E-state index < -0.39 is 10.0 Å². The van der Waals surface area contributed by atoms with Crippen LogP contribution in [0.3, 0.4) is 0 Å². The van der Waals surface area contributed by atoms with E-state index in [1.807, 2.05) is 12.1 Å². The van der Waals surface area contributed by atoms with Crippen molar-refractivity contribution in [3.8, 4) is 0 Å². The Hall–Kier alpha value is -0.950. The highest BCUT2D eigenvalue weighted by Crippen LogP contribution is 2.27. The van der Waals surface area contributed by atoms with Crippen LogP contribution in [0, 0.1) is 0 Å². The number of nitrogens with one attached hydrogen (secondary N) is 1. The molecule has 0 saturated carbocycles. The molecule has 2 unspecified atom stereocenters. The van der Waals surface area contributed by atoms with E-state index in [2.05, 4.69) is 5.32 Å². The SMILES string of the molecule is NC1CNCCC1c1ccc(S(=O)(=O)N2CCC2)cc1. The van der Waals surface area contributed by atoms with Crippen LogP contribution in [0.15, 0.2) is 29.2 Å². The lowest BCUT2D eigenvalue weighted by Gasteiger charge is -2.31. The molecule has 0 spiro atoms. The van der Waals surface area contributed by atoms with E-state index in [9.17, 15) is 8.42 Å². The molecule has 0 aromatic heterocycles. The molecule has 2 aliphatic heterocycles. The molecule has 0 radical (unpaired) electrons. The van der Waals surface area contributed by atoms with Crippen LogP contribution in [0.1, 0.15) is 24.3 Å². The lowest BCUT2D eigenvalue weighted by molar-refractivity contribution is 0.309. The molecule has 2 aliphatic rings. The van der Waals surface area contributed by atoms with E-state index in [-0.39, 0.29) is 6.04 Å². The maximum Gasteiger partial charge on any atom is 0.243 e. The minimum absolute atomic E-state index is 0.0987. The average Bonchev–Trinajstić information content (AvgIpc) is 2.37. The van der Waals surface area contributed by atoms with Crippen molar-refractivity contribution < 1.29 is 8.42 Å². The topological polar surface area (TPSA) is 75.4 Å². The van der Waals surface area contributed by atoms with Crippen LogP contribution < -0.4 is 11.1 Å². The van der Waals surface area contributed by atoms with E-state index >= 15 is 0 Å². The van der Waals surface area contributed by atoms with Gasteiger partial charge in [0.2, 0.25) is 10.0 Å². The first-order valence-corrected chi connectivity index (χ1v) is 8.59. The van der Waals surface area contributed by atoms with E-state index in [1.165, 1.54) is 4.31 Å². The van der Waals surface area contributed by atoms with Crippen molar-refractivity contribution in [2.75, 3.05) is 26.2 Å². The predicted molar refractivity (Wildman–Crippen MR) is 78.0 cm³/mol. The highest BCUT2D eigenvalue weighted by Gasteiger charge is 2.29. The normalized spacial score (nSPS) is 28.1. The molecule has 1 aromatic carbocycles. The molecule has 1 aromatic rings. The minimum Gasteiger partial charge on any atom is -0.326 e. The van der Waals surface area contributed by atoms with Crippen LogP contribution in [0.25, 0.3) is 0 Å². The fraction of sp³-hybridized carbons (Fsp3) is 0.571. The van der Waals surface area contributed by atoms with Gasteiger partial charge < -0.3 is 11.1 Å². The molecule has 0 bridgehead atoms. The maximum absolute atomic E-state index is 12.3. The second kappa shape index (κ2) is 5.44. The highest BCUT2D eigenvalue weighted by molar-refractivity contribution is 7.89. The minimum atomic E-state index is -3.27. The van der Waals surface area contributed by atoms with Gasteiger partial charge in [-0.1, -0.05) is 12.1 Å². The molecule has 3 N–H and O–H groups in total. The second-order valence-electron chi connectivity index (χ2n) is 5.59. The molecule has 2 saturated heterocycles. The summed E-state index contributed by atoms with van der Waals surface area (Å²) in [6, 6.07) is 7.38. The lowest BCUT2D eigenvalue weighted by Crippen LogP contribution is -2.44. The van der Waals surface area contributed by atoms with Gasteiger partial charge >= 0.3 is 0 Å². The van der Waals surface area contributed by atoms with Crippen molar-refractivity contribution in [1.29, 1.82) is 0 Å². The molecule has 3 rings (SSSR count). The van der Waals surface area contributed by atoms with E-state index in [4.69, 9.17) is 5.73 Å². The molecular weight excluding hydrogens is 274 g/mol. The summed E-state index contributed by atoms with van der Waals surface area (Å²) in [6.45, 7) is 3.07. The van der Waals surface area contributed by atoms with Gasteiger partial charge in [-0.05, 0) is 37.1 Å². The Balaban J connectivity index is 1.80. The monoisotopic (exact) mass is 295 g/mol. The number of hydrogen-bond donors (Lipinski definition) is 2. The van der Waals surface area contributed by atoms with Crippen LogP contribution in [0.5, 0.6) is 0 Å². The Bertz CT molecular complexity index is 567. The number of rotatable bonds is 3. The third-order valence-corrected chi connectivity index (χ3v) is 6.20. The van der Waals surface area contributed by atoms with Crippen molar-refractivity contribution >= 4 is 10.0 Å². The van der Waals surface area contributed by atoms with Gasteiger partial charge in [-0.2, -0.15) is 4.31 Å². The van der Waals surface area contributed by atoms with Gasteiger partial charge in [-0.15, -0.1) is 0 Å². The summed E-state index contributed by atoms with van der Waals surface area (Å²) in [7, 11) is -3.27. The highest BCUT2D eigenvalue weighted by atomic mass is 32.2. The van der Waals surface area contributed by atoms with Crippen molar-refractivity contribution in [3.05, 3.63) is 29.8 Å². The summed E-state index contributed by atoms with van der Waals surface area (Å²) in [4.78, 5) is 0.392. The first-order valence-electron chi connectivity index (χ1n) is 7.15. The number of piperidine rings is 1. The van der Waals surface area contributed by atoms with Crippen LogP contribution in [0.2, 0.25) is 0 Å². The van der Waals surface area contributed by atoms with E-state index in [0.717, 1.165) is 31.5 Å². The molecule has 2 atom stereocenters. The van der Waals surface area contributed by atoms with Gasteiger partial charge in [0.15, 0.2) is 0 Å². The average molecular weight is 295 g/mol. The fourth-order valence-electron chi connectivity index (χ4n) is 2.86. The number of sulfonamides is 1. The summed E-state index contributed by atoms with van der Waals surface area (Å²) in [6.07, 6.45) is 1.96. The third kappa shape index (κ3) is 2.48. The Morgan fingerprint density at radius 1 is 1.20 bits per heavy atom. The Labute approximate surface area is 120 Å². The largest absolute Gasteiger partial charge is 0.326 e. The molecule has 2 heterocycles. The van der Waals surface area contributed by atoms with Gasteiger partial charge in [-0.25, -0.2) is 8.42 Å². The summed E-state index contributed by atoms with van der Waals surface area (Å²) < 4.78 is 26.0.